The number of pyridine rings is 1. The number of oxime groups is 1. The second kappa shape index (κ2) is 8.33. The van der Waals surface area contributed by atoms with Crippen molar-refractivity contribution in [3.8, 4) is 0 Å². The van der Waals surface area contributed by atoms with Gasteiger partial charge in [-0.15, -0.1) is 0 Å². The SMILES string of the molecule is N/C(=N/O)c1ncccc1CNCCOCC(F)F. The van der Waals surface area contributed by atoms with Crippen molar-refractivity contribution in [2.24, 2.45) is 10.9 Å². The highest BCUT2D eigenvalue weighted by Crippen LogP contribution is 2.04. The summed E-state index contributed by atoms with van der Waals surface area (Å²) in [5.74, 6) is -0.0775. The van der Waals surface area contributed by atoms with Crippen LogP contribution >= 0.6 is 0 Å². The lowest BCUT2D eigenvalue weighted by atomic mass is 10.2. The average molecular weight is 274 g/mol. The zero-order chi connectivity index (χ0) is 14.1. The molecule has 0 amide bonds. The molecule has 19 heavy (non-hydrogen) atoms. The van der Waals surface area contributed by atoms with E-state index < -0.39 is 13.0 Å². The largest absolute Gasteiger partial charge is 0.409 e. The number of hydrogen-bond acceptors (Lipinski definition) is 5. The van der Waals surface area contributed by atoms with Crippen molar-refractivity contribution in [3.63, 3.8) is 0 Å². The average Bonchev–Trinajstić information content (AvgIpc) is 2.42. The van der Waals surface area contributed by atoms with Crippen LogP contribution in [0, 0.1) is 0 Å². The molecule has 0 fully saturated rings. The molecule has 0 bridgehead atoms. The second-order valence-corrected chi connectivity index (χ2v) is 3.64. The molecular weight excluding hydrogens is 258 g/mol. The van der Waals surface area contributed by atoms with Crippen LogP contribution in [0.15, 0.2) is 23.5 Å². The molecule has 0 unspecified atom stereocenters. The summed E-state index contributed by atoms with van der Waals surface area (Å²) in [6.45, 7) is 0.447. The smallest absolute Gasteiger partial charge is 0.261 e. The van der Waals surface area contributed by atoms with Crippen molar-refractivity contribution in [2.75, 3.05) is 19.8 Å². The van der Waals surface area contributed by atoms with E-state index in [1.54, 1.807) is 12.1 Å². The predicted octanol–water partition coefficient (Wildman–Crippen LogP) is 0.547. The first kappa shape index (κ1) is 15.3. The Hall–Kier alpha value is -1.80. The third kappa shape index (κ3) is 5.58. The highest BCUT2D eigenvalue weighted by molar-refractivity contribution is 5.96. The summed E-state index contributed by atoms with van der Waals surface area (Å²) in [4.78, 5) is 4.00. The number of alkyl halides is 2. The molecule has 0 saturated carbocycles. The minimum atomic E-state index is -2.45. The highest BCUT2D eigenvalue weighted by atomic mass is 19.3. The van der Waals surface area contributed by atoms with E-state index in [1.807, 2.05) is 0 Å². The predicted molar refractivity (Wildman–Crippen MR) is 65.3 cm³/mol. The fourth-order valence-corrected chi connectivity index (χ4v) is 1.40. The molecular formula is C11H16F2N4O2. The Labute approximate surface area is 109 Å². The van der Waals surface area contributed by atoms with Crippen molar-refractivity contribution in [3.05, 3.63) is 29.6 Å². The van der Waals surface area contributed by atoms with Crippen LogP contribution < -0.4 is 11.1 Å². The van der Waals surface area contributed by atoms with Gasteiger partial charge in [-0.1, -0.05) is 11.2 Å². The highest BCUT2D eigenvalue weighted by Gasteiger charge is 2.07. The summed E-state index contributed by atoms with van der Waals surface area (Å²) in [6.07, 6.45) is -0.923. The Bertz CT molecular complexity index is 415. The number of amidine groups is 1. The molecule has 0 aromatic carbocycles. The van der Waals surface area contributed by atoms with Crippen LogP contribution in [-0.2, 0) is 11.3 Å². The van der Waals surface area contributed by atoms with Crippen molar-refractivity contribution in [2.45, 2.75) is 13.0 Å². The number of rotatable bonds is 8. The van der Waals surface area contributed by atoms with Crippen LogP contribution in [0.3, 0.4) is 0 Å². The molecule has 0 atom stereocenters. The first-order chi connectivity index (χ1) is 9.15. The fraction of sp³-hybridized carbons (Fsp3) is 0.455. The number of nitrogens with zero attached hydrogens (tertiary/aromatic N) is 2. The van der Waals surface area contributed by atoms with E-state index in [-0.39, 0.29) is 12.4 Å². The number of halogens is 2. The van der Waals surface area contributed by atoms with E-state index in [2.05, 4.69) is 15.5 Å². The first-order valence-electron chi connectivity index (χ1n) is 5.63. The quantitative estimate of drug-likeness (QED) is 0.212. The lowest BCUT2D eigenvalue weighted by molar-refractivity contribution is 0.0187. The van der Waals surface area contributed by atoms with Gasteiger partial charge >= 0.3 is 0 Å². The van der Waals surface area contributed by atoms with Gasteiger partial charge in [0.25, 0.3) is 6.43 Å². The molecule has 0 aliphatic carbocycles. The minimum absolute atomic E-state index is 0.0775. The van der Waals surface area contributed by atoms with Crippen molar-refractivity contribution in [1.82, 2.24) is 10.3 Å². The summed E-state index contributed by atoms with van der Waals surface area (Å²) in [5.41, 5.74) is 6.60. The number of nitrogens with two attached hydrogens (primary N) is 1. The molecule has 1 aromatic rings. The molecule has 0 saturated heterocycles. The Morgan fingerprint density at radius 2 is 2.37 bits per heavy atom. The summed E-state index contributed by atoms with van der Waals surface area (Å²) in [5, 5.41) is 14.5. The standard InChI is InChI=1S/C11H16F2N4O2/c12-9(13)7-19-5-4-15-6-8-2-1-3-16-10(8)11(14)17-18/h1-3,9,15,18H,4-7H2,(H2,14,17). The van der Waals surface area contributed by atoms with Crippen LogP contribution in [-0.4, -0.2) is 42.2 Å². The molecule has 4 N–H and O–H groups in total. The number of aromatic nitrogens is 1. The molecule has 1 aromatic heterocycles. The van der Waals surface area contributed by atoms with Gasteiger partial charge in [-0.3, -0.25) is 4.98 Å². The Morgan fingerprint density at radius 3 is 3.05 bits per heavy atom. The van der Waals surface area contributed by atoms with Crippen LogP contribution in [0.4, 0.5) is 8.78 Å². The summed E-state index contributed by atoms with van der Waals surface area (Å²) in [7, 11) is 0. The van der Waals surface area contributed by atoms with Gasteiger partial charge in [-0.25, -0.2) is 8.78 Å². The molecule has 1 heterocycles. The normalized spacial score (nSPS) is 12.1. The van der Waals surface area contributed by atoms with Gasteiger partial charge in [0.2, 0.25) is 0 Å². The van der Waals surface area contributed by atoms with E-state index in [1.165, 1.54) is 6.20 Å². The topological polar surface area (TPSA) is 92.8 Å². The van der Waals surface area contributed by atoms with Gasteiger partial charge in [0.15, 0.2) is 5.84 Å². The molecule has 0 aliphatic heterocycles. The van der Waals surface area contributed by atoms with Gasteiger partial charge in [-0.2, -0.15) is 0 Å². The molecule has 1 rings (SSSR count). The monoisotopic (exact) mass is 274 g/mol. The maximum Gasteiger partial charge on any atom is 0.261 e. The zero-order valence-corrected chi connectivity index (χ0v) is 10.2. The van der Waals surface area contributed by atoms with E-state index in [0.717, 1.165) is 5.56 Å². The summed E-state index contributed by atoms with van der Waals surface area (Å²) in [6, 6.07) is 3.49. The second-order valence-electron chi connectivity index (χ2n) is 3.64. The summed E-state index contributed by atoms with van der Waals surface area (Å²) < 4.78 is 28.3. The summed E-state index contributed by atoms with van der Waals surface area (Å²) >= 11 is 0. The van der Waals surface area contributed by atoms with E-state index in [4.69, 9.17) is 15.7 Å². The Kier molecular flexibility index (Phi) is 6.69. The molecule has 6 nitrogen and oxygen atoms in total. The van der Waals surface area contributed by atoms with Gasteiger partial charge < -0.3 is 21.0 Å². The van der Waals surface area contributed by atoms with Gasteiger partial charge in [0.1, 0.15) is 12.3 Å². The van der Waals surface area contributed by atoms with E-state index in [9.17, 15) is 8.78 Å². The fourth-order valence-electron chi connectivity index (χ4n) is 1.40. The first-order valence-corrected chi connectivity index (χ1v) is 5.63. The third-order valence-electron chi connectivity index (χ3n) is 2.22. The van der Waals surface area contributed by atoms with Crippen molar-refractivity contribution >= 4 is 5.84 Å². The van der Waals surface area contributed by atoms with Gasteiger partial charge in [0.05, 0.1) is 6.61 Å². The maximum absolute atomic E-state index is 11.8. The number of ether oxygens (including phenoxy) is 1. The number of nitrogens with one attached hydrogen (secondary N) is 1. The lowest BCUT2D eigenvalue weighted by Crippen LogP contribution is -2.24. The van der Waals surface area contributed by atoms with E-state index >= 15 is 0 Å². The third-order valence-corrected chi connectivity index (χ3v) is 2.22. The van der Waals surface area contributed by atoms with Gasteiger partial charge in [-0.05, 0) is 11.6 Å². The van der Waals surface area contributed by atoms with Crippen molar-refractivity contribution in [1.29, 1.82) is 0 Å². The van der Waals surface area contributed by atoms with Crippen LogP contribution in [0.2, 0.25) is 0 Å². The van der Waals surface area contributed by atoms with Crippen LogP contribution in [0.5, 0.6) is 0 Å². The molecule has 0 aliphatic rings. The number of hydrogen-bond donors (Lipinski definition) is 3. The molecule has 8 heteroatoms. The Balaban J connectivity index is 2.37. The maximum atomic E-state index is 11.8. The lowest BCUT2D eigenvalue weighted by Gasteiger charge is -2.09. The minimum Gasteiger partial charge on any atom is -0.409 e. The zero-order valence-electron chi connectivity index (χ0n) is 10.2. The molecule has 0 spiro atoms. The van der Waals surface area contributed by atoms with Crippen LogP contribution in [0.1, 0.15) is 11.3 Å². The van der Waals surface area contributed by atoms with Crippen LogP contribution in [0.25, 0.3) is 0 Å². The van der Waals surface area contributed by atoms with Crippen molar-refractivity contribution < 1.29 is 18.7 Å². The molecule has 106 valence electrons. The Morgan fingerprint density at radius 1 is 1.58 bits per heavy atom. The molecule has 0 radical (unpaired) electrons. The van der Waals surface area contributed by atoms with Gasteiger partial charge in [0, 0.05) is 19.3 Å². The van der Waals surface area contributed by atoms with E-state index in [0.29, 0.717) is 18.8 Å².